The molecule has 4 rings (SSSR count). The summed E-state index contributed by atoms with van der Waals surface area (Å²) >= 11 is 0. The predicted molar refractivity (Wildman–Crippen MR) is 120 cm³/mol. The number of aromatic nitrogens is 1. The molecule has 0 aliphatic carbocycles. The Morgan fingerprint density at radius 1 is 1.20 bits per heavy atom. The van der Waals surface area contributed by atoms with Gasteiger partial charge in [-0.3, -0.25) is 9.69 Å². The fourth-order valence-electron chi connectivity index (χ4n) is 4.58. The maximum absolute atomic E-state index is 13.7. The molecule has 3 aromatic rings. The average Bonchev–Trinajstić information content (AvgIpc) is 3.06. The van der Waals surface area contributed by atoms with Crippen LogP contribution in [0.5, 0.6) is 0 Å². The molecule has 0 radical (unpaired) electrons. The van der Waals surface area contributed by atoms with Gasteiger partial charge in [0.05, 0.1) is 5.69 Å². The molecule has 0 unspecified atom stereocenters. The SMILES string of the molecule is Cc1c(CN2CCC[C@H](CCC(=O)Nc3ccccc3F)C2)[nH]c2c(C)cccc12. The number of likely N-dealkylation sites (tertiary alicyclic amines) is 1. The van der Waals surface area contributed by atoms with Crippen LogP contribution in [0, 0.1) is 25.6 Å². The molecule has 2 N–H and O–H groups in total. The highest BCUT2D eigenvalue weighted by Crippen LogP contribution is 2.27. The second kappa shape index (κ2) is 9.00. The van der Waals surface area contributed by atoms with Crippen molar-refractivity contribution in [2.45, 2.75) is 46.1 Å². The monoisotopic (exact) mass is 407 g/mol. The number of para-hydroxylation sites is 2. The Balaban J connectivity index is 1.33. The highest BCUT2D eigenvalue weighted by Gasteiger charge is 2.22. The van der Waals surface area contributed by atoms with Crippen LogP contribution in [0.25, 0.3) is 10.9 Å². The standard InChI is InChI=1S/C25H30FN3O/c1-17-7-5-9-20-18(2)23(28-25(17)20)16-29-14-6-8-19(15-29)12-13-24(30)27-22-11-4-3-10-21(22)26/h3-5,7,9-11,19,28H,6,8,12-16H2,1-2H3,(H,27,30)/t19-/m1/s1. The third-order valence-corrected chi connectivity index (χ3v) is 6.32. The minimum Gasteiger partial charge on any atom is -0.357 e. The van der Waals surface area contributed by atoms with Crippen LogP contribution in [0.1, 0.15) is 42.5 Å². The molecular weight excluding hydrogens is 377 g/mol. The van der Waals surface area contributed by atoms with Crippen LogP contribution in [0.2, 0.25) is 0 Å². The number of carbonyl (C=O) groups is 1. The zero-order valence-electron chi connectivity index (χ0n) is 17.8. The first-order chi connectivity index (χ1) is 14.5. The molecule has 1 atom stereocenters. The molecule has 2 aromatic carbocycles. The summed E-state index contributed by atoms with van der Waals surface area (Å²) in [6, 6.07) is 12.8. The molecule has 0 spiro atoms. The second-order valence-electron chi connectivity index (χ2n) is 8.54. The highest BCUT2D eigenvalue weighted by molar-refractivity contribution is 5.90. The maximum Gasteiger partial charge on any atom is 0.224 e. The lowest BCUT2D eigenvalue weighted by atomic mass is 9.93. The summed E-state index contributed by atoms with van der Waals surface area (Å²) in [7, 11) is 0. The smallest absolute Gasteiger partial charge is 0.224 e. The number of benzene rings is 2. The molecule has 30 heavy (non-hydrogen) atoms. The van der Waals surface area contributed by atoms with Crippen molar-refractivity contribution in [1.82, 2.24) is 9.88 Å². The maximum atomic E-state index is 13.7. The van der Waals surface area contributed by atoms with E-state index < -0.39 is 5.82 Å². The van der Waals surface area contributed by atoms with Crippen molar-refractivity contribution in [2.75, 3.05) is 18.4 Å². The van der Waals surface area contributed by atoms with E-state index in [0.29, 0.717) is 12.3 Å². The second-order valence-corrected chi connectivity index (χ2v) is 8.54. The predicted octanol–water partition coefficient (Wildman–Crippen LogP) is 5.55. The number of carbonyl (C=O) groups excluding carboxylic acids is 1. The molecule has 0 saturated carbocycles. The molecule has 1 aliphatic rings. The van der Waals surface area contributed by atoms with E-state index in [4.69, 9.17) is 0 Å². The van der Waals surface area contributed by atoms with E-state index in [0.717, 1.165) is 38.9 Å². The molecule has 1 aliphatic heterocycles. The number of aryl methyl sites for hydroxylation is 2. The zero-order chi connectivity index (χ0) is 21.1. The van der Waals surface area contributed by atoms with Gasteiger partial charge in [-0.2, -0.15) is 0 Å². The van der Waals surface area contributed by atoms with Crippen molar-refractivity contribution in [3.8, 4) is 0 Å². The quantitative estimate of drug-likeness (QED) is 0.562. The molecule has 1 amide bonds. The van der Waals surface area contributed by atoms with Crippen molar-refractivity contribution in [3.63, 3.8) is 0 Å². The van der Waals surface area contributed by atoms with Gasteiger partial charge in [0, 0.05) is 36.1 Å². The van der Waals surface area contributed by atoms with E-state index in [1.807, 2.05) is 0 Å². The van der Waals surface area contributed by atoms with Crippen LogP contribution < -0.4 is 5.32 Å². The van der Waals surface area contributed by atoms with Crippen LogP contribution in [0.3, 0.4) is 0 Å². The molecule has 1 fully saturated rings. The van der Waals surface area contributed by atoms with Gasteiger partial charge in [-0.25, -0.2) is 4.39 Å². The van der Waals surface area contributed by atoms with Gasteiger partial charge in [0.1, 0.15) is 5.82 Å². The van der Waals surface area contributed by atoms with Crippen LogP contribution >= 0.6 is 0 Å². The molecule has 4 nitrogen and oxygen atoms in total. The summed E-state index contributed by atoms with van der Waals surface area (Å²) in [5, 5.41) is 4.00. The highest BCUT2D eigenvalue weighted by atomic mass is 19.1. The van der Waals surface area contributed by atoms with Gasteiger partial charge in [0.25, 0.3) is 0 Å². The molecule has 1 aromatic heterocycles. The summed E-state index contributed by atoms with van der Waals surface area (Å²) in [6.07, 6.45) is 3.56. The number of piperidine rings is 1. The van der Waals surface area contributed by atoms with E-state index in [1.54, 1.807) is 18.2 Å². The van der Waals surface area contributed by atoms with Crippen molar-refractivity contribution in [2.24, 2.45) is 5.92 Å². The van der Waals surface area contributed by atoms with E-state index in [2.05, 4.69) is 47.2 Å². The van der Waals surface area contributed by atoms with Gasteiger partial charge in [0.15, 0.2) is 0 Å². The first-order valence-electron chi connectivity index (χ1n) is 10.8. The Kier molecular flexibility index (Phi) is 6.18. The molecule has 2 heterocycles. The van der Waals surface area contributed by atoms with Gasteiger partial charge in [-0.1, -0.05) is 30.3 Å². The summed E-state index contributed by atoms with van der Waals surface area (Å²) in [5.41, 5.74) is 5.40. The summed E-state index contributed by atoms with van der Waals surface area (Å²) in [4.78, 5) is 18.4. The van der Waals surface area contributed by atoms with E-state index in [1.165, 1.54) is 33.8 Å². The fraction of sp³-hybridized carbons (Fsp3) is 0.400. The number of aromatic amines is 1. The third-order valence-electron chi connectivity index (χ3n) is 6.32. The third kappa shape index (κ3) is 4.57. The zero-order valence-corrected chi connectivity index (χ0v) is 17.8. The van der Waals surface area contributed by atoms with E-state index in [9.17, 15) is 9.18 Å². The number of nitrogens with one attached hydrogen (secondary N) is 2. The lowest BCUT2D eigenvalue weighted by Gasteiger charge is -2.32. The van der Waals surface area contributed by atoms with E-state index >= 15 is 0 Å². The van der Waals surface area contributed by atoms with Crippen molar-refractivity contribution in [1.29, 1.82) is 0 Å². The first-order valence-corrected chi connectivity index (χ1v) is 10.8. The Morgan fingerprint density at radius 2 is 2.03 bits per heavy atom. The lowest BCUT2D eigenvalue weighted by molar-refractivity contribution is -0.116. The van der Waals surface area contributed by atoms with Crippen LogP contribution in [0.4, 0.5) is 10.1 Å². The first kappa shape index (κ1) is 20.6. The number of rotatable bonds is 6. The van der Waals surface area contributed by atoms with Crippen molar-refractivity contribution in [3.05, 3.63) is 65.1 Å². The molecule has 5 heteroatoms. The molecule has 158 valence electrons. The normalized spacial score (nSPS) is 17.4. The van der Waals surface area contributed by atoms with Crippen LogP contribution in [-0.2, 0) is 11.3 Å². The Bertz CT molecular complexity index is 1040. The van der Waals surface area contributed by atoms with Gasteiger partial charge in [-0.05, 0) is 68.8 Å². The number of fused-ring (bicyclic) bond motifs is 1. The summed E-state index contributed by atoms with van der Waals surface area (Å²) < 4.78 is 13.7. The summed E-state index contributed by atoms with van der Waals surface area (Å²) in [6.45, 7) is 7.35. The molecular formula is C25H30FN3O. The number of anilines is 1. The number of hydrogen-bond donors (Lipinski definition) is 2. The topological polar surface area (TPSA) is 48.1 Å². The Hall–Kier alpha value is -2.66. The minimum absolute atomic E-state index is 0.112. The fourth-order valence-corrected chi connectivity index (χ4v) is 4.58. The van der Waals surface area contributed by atoms with Gasteiger partial charge in [-0.15, -0.1) is 0 Å². The largest absolute Gasteiger partial charge is 0.357 e. The van der Waals surface area contributed by atoms with Gasteiger partial charge >= 0.3 is 0 Å². The Morgan fingerprint density at radius 3 is 2.83 bits per heavy atom. The number of nitrogens with zero attached hydrogens (tertiary/aromatic N) is 1. The van der Waals surface area contributed by atoms with Crippen molar-refractivity contribution < 1.29 is 9.18 Å². The van der Waals surface area contributed by atoms with Gasteiger partial charge < -0.3 is 10.3 Å². The minimum atomic E-state index is -0.390. The number of H-pyrrole nitrogens is 1. The summed E-state index contributed by atoms with van der Waals surface area (Å²) in [5.74, 6) is -0.00525. The Labute approximate surface area is 177 Å². The van der Waals surface area contributed by atoms with Crippen LogP contribution in [-0.4, -0.2) is 28.9 Å². The molecule has 0 bridgehead atoms. The average molecular weight is 408 g/mol. The number of halogens is 1. The molecule has 1 saturated heterocycles. The number of hydrogen-bond acceptors (Lipinski definition) is 2. The lowest BCUT2D eigenvalue weighted by Crippen LogP contribution is -2.35. The van der Waals surface area contributed by atoms with Crippen molar-refractivity contribution >= 4 is 22.5 Å². The van der Waals surface area contributed by atoms with Gasteiger partial charge in [0.2, 0.25) is 5.91 Å². The van der Waals surface area contributed by atoms with Crippen LogP contribution in [0.15, 0.2) is 42.5 Å². The number of amides is 1. The van der Waals surface area contributed by atoms with E-state index in [-0.39, 0.29) is 11.6 Å².